The molecule has 3 N–H and O–H groups in total. The van der Waals surface area contributed by atoms with E-state index in [1.165, 1.54) is 22.3 Å². The van der Waals surface area contributed by atoms with E-state index in [0.717, 1.165) is 0 Å². The summed E-state index contributed by atoms with van der Waals surface area (Å²) in [6, 6.07) is 1.72. The first-order valence-electron chi connectivity index (χ1n) is 6.01. The maximum absolute atomic E-state index is 12.3. The Labute approximate surface area is 119 Å². The van der Waals surface area contributed by atoms with Crippen LogP contribution in [0.5, 0.6) is 0 Å². The summed E-state index contributed by atoms with van der Waals surface area (Å²) < 4.78 is 1.39. The van der Waals surface area contributed by atoms with Crippen molar-refractivity contribution in [3.8, 4) is 5.69 Å². The largest absolute Gasteiger partial charge is 0.394 e. The maximum atomic E-state index is 12.3. The Morgan fingerprint density at radius 3 is 2.80 bits per heavy atom. The van der Waals surface area contributed by atoms with Gasteiger partial charge in [0.2, 0.25) is 0 Å². The number of hydrogen-bond acceptors (Lipinski definition) is 7. The van der Waals surface area contributed by atoms with Gasteiger partial charge in [-0.25, -0.2) is 0 Å². The van der Waals surface area contributed by atoms with Gasteiger partial charge in [-0.15, -0.1) is 16.4 Å². The Morgan fingerprint density at radius 1 is 1.50 bits per heavy atom. The van der Waals surface area contributed by atoms with E-state index in [1.54, 1.807) is 18.4 Å². The van der Waals surface area contributed by atoms with Crippen LogP contribution in [0.25, 0.3) is 5.69 Å². The van der Waals surface area contributed by atoms with Gasteiger partial charge >= 0.3 is 0 Å². The van der Waals surface area contributed by atoms with Gasteiger partial charge in [0.25, 0.3) is 5.91 Å². The fourth-order valence-corrected chi connectivity index (χ4v) is 2.44. The first kappa shape index (κ1) is 14.6. The van der Waals surface area contributed by atoms with Gasteiger partial charge in [0, 0.05) is 0 Å². The number of thiophene rings is 1. The highest BCUT2D eigenvalue weighted by atomic mass is 32.1. The summed E-state index contributed by atoms with van der Waals surface area (Å²) in [4.78, 5) is 12.7. The molecule has 0 unspecified atom stereocenters. The van der Waals surface area contributed by atoms with E-state index in [4.69, 9.17) is 0 Å². The molecule has 0 saturated heterocycles. The first-order chi connectivity index (χ1) is 9.65. The van der Waals surface area contributed by atoms with Gasteiger partial charge in [-0.05, 0) is 28.3 Å². The number of nitrogens with one attached hydrogen (secondary N) is 1. The van der Waals surface area contributed by atoms with Crippen molar-refractivity contribution in [2.24, 2.45) is 0 Å². The van der Waals surface area contributed by atoms with Crippen molar-refractivity contribution < 1.29 is 15.0 Å². The van der Waals surface area contributed by atoms with Crippen molar-refractivity contribution in [3.05, 3.63) is 22.7 Å². The second-order valence-electron chi connectivity index (χ2n) is 4.29. The molecular formula is C11H15N5O3S. The lowest BCUT2D eigenvalue weighted by atomic mass is 9.98. The quantitative estimate of drug-likeness (QED) is 0.668. The molecule has 0 aliphatic carbocycles. The van der Waals surface area contributed by atoms with E-state index in [2.05, 4.69) is 20.8 Å². The summed E-state index contributed by atoms with van der Waals surface area (Å²) in [7, 11) is 0. The number of hydrogen-bond donors (Lipinski definition) is 3. The first-order valence-corrected chi connectivity index (χ1v) is 6.89. The second kappa shape index (κ2) is 6.07. The van der Waals surface area contributed by atoms with Gasteiger partial charge in [0.1, 0.15) is 11.2 Å². The van der Waals surface area contributed by atoms with Gasteiger partial charge in [-0.2, -0.15) is 4.68 Å². The Bertz CT molecular complexity index is 556. The molecule has 20 heavy (non-hydrogen) atoms. The summed E-state index contributed by atoms with van der Waals surface area (Å²) in [6.07, 6.45) is 1.81. The molecule has 0 aliphatic heterocycles. The van der Waals surface area contributed by atoms with Crippen molar-refractivity contribution in [3.63, 3.8) is 0 Å². The zero-order chi connectivity index (χ0) is 14.6. The monoisotopic (exact) mass is 297 g/mol. The molecule has 0 bridgehead atoms. The van der Waals surface area contributed by atoms with Crippen LogP contribution in [0.4, 0.5) is 0 Å². The molecule has 0 saturated carbocycles. The summed E-state index contributed by atoms with van der Waals surface area (Å²) in [5.74, 6) is -0.379. The number of carbonyl (C=O) groups is 1. The zero-order valence-electron chi connectivity index (χ0n) is 10.9. The van der Waals surface area contributed by atoms with Crippen LogP contribution in [-0.2, 0) is 0 Å². The van der Waals surface area contributed by atoms with E-state index in [0.29, 0.717) is 17.0 Å². The molecule has 9 heteroatoms. The smallest absolute Gasteiger partial charge is 0.264 e. The van der Waals surface area contributed by atoms with Crippen LogP contribution in [0.2, 0.25) is 0 Å². The van der Waals surface area contributed by atoms with Gasteiger partial charge in [0.05, 0.1) is 24.4 Å². The molecule has 2 heterocycles. The minimum atomic E-state index is -1.03. The van der Waals surface area contributed by atoms with E-state index < -0.39 is 5.54 Å². The summed E-state index contributed by atoms with van der Waals surface area (Å²) in [5.41, 5.74) is -0.475. The maximum Gasteiger partial charge on any atom is 0.264 e. The van der Waals surface area contributed by atoms with Crippen LogP contribution in [0.1, 0.15) is 23.0 Å². The van der Waals surface area contributed by atoms with Gasteiger partial charge in [0.15, 0.2) is 0 Å². The number of aliphatic hydroxyl groups is 2. The molecule has 8 nitrogen and oxygen atoms in total. The van der Waals surface area contributed by atoms with Crippen LogP contribution in [0.3, 0.4) is 0 Å². The molecule has 108 valence electrons. The lowest BCUT2D eigenvalue weighted by Crippen LogP contribution is -2.53. The molecule has 2 aromatic rings. The number of carbonyl (C=O) groups excluding carboxylic acids is 1. The van der Waals surface area contributed by atoms with Crippen LogP contribution < -0.4 is 5.32 Å². The van der Waals surface area contributed by atoms with E-state index in [1.807, 2.05) is 0 Å². The highest BCUT2D eigenvalue weighted by Gasteiger charge is 2.30. The Hall–Kier alpha value is -1.84. The zero-order valence-corrected chi connectivity index (χ0v) is 11.7. The molecule has 0 aromatic carbocycles. The number of rotatable bonds is 6. The van der Waals surface area contributed by atoms with Crippen LogP contribution in [-0.4, -0.2) is 55.1 Å². The fourth-order valence-electron chi connectivity index (χ4n) is 1.66. The van der Waals surface area contributed by atoms with Crippen LogP contribution >= 0.6 is 11.3 Å². The molecule has 0 fully saturated rings. The summed E-state index contributed by atoms with van der Waals surface area (Å²) in [6.45, 7) is 1.11. The third-order valence-corrected chi connectivity index (χ3v) is 4.01. The topological polar surface area (TPSA) is 113 Å². The fraction of sp³-hybridized carbons (Fsp3) is 0.455. The minimum Gasteiger partial charge on any atom is -0.394 e. The van der Waals surface area contributed by atoms with E-state index in [-0.39, 0.29) is 19.1 Å². The van der Waals surface area contributed by atoms with E-state index in [9.17, 15) is 15.0 Å². The number of nitrogens with zero attached hydrogens (tertiary/aromatic N) is 4. The van der Waals surface area contributed by atoms with Crippen molar-refractivity contribution in [2.75, 3.05) is 13.2 Å². The molecule has 0 radical (unpaired) electrons. The SMILES string of the molecule is CCC(CO)(CO)NC(=O)c1sccc1-n1cnnn1. The highest BCUT2D eigenvalue weighted by Crippen LogP contribution is 2.21. The predicted octanol–water partition coefficient (Wildman–Crippen LogP) is -0.413. The number of tetrazole rings is 1. The Morgan fingerprint density at radius 2 is 2.25 bits per heavy atom. The van der Waals surface area contributed by atoms with Crippen molar-refractivity contribution in [1.29, 1.82) is 0 Å². The molecule has 0 aliphatic rings. The third kappa shape index (κ3) is 2.69. The molecule has 0 atom stereocenters. The van der Waals surface area contributed by atoms with Crippen LogP contribution in [0.15, 0.2) is 17.8 Å². The van der Waals surface area contributed by atoms with Crippen molar-refractivity contribution in [1.82, 2.24) is 25.5 Å². The lowest BCUT2D eigenvalue weighted by molar-refractivity contribution is 0.0656. The second-order valence-corrected chi connectivity index (χ2v) is 5.21. The highest BCUT2D eigenvalue weighted by molar-refractivity contribution is 7.12. The third-order valence-electron chi connectivity index (χ3n) is 3.11. The molecular weight excluding hydrogens is 282 g/mol. The average molecular weight is 297 g/mol. The molecule has 2 rings (SSSR count). The van der Waals surface area contributed by atoms with Gasteiger partial charge in [-0.1, -0.05) is 6.92 Å². The summed E-state index contributed by atoms with van der Waals surface area (Å²) in [5, 5.41) is 34.0. The van der Waals surface area contributed by atoms with Crippen molar-refractivity contribution in [2.45, 2.75) is 18.9 Å². The summed E-state index contributed by atoms with van der Waals surface area (Å²) >= 11 is 1.24. The Balaban J connectivity index is 2.25. The number of aliphatic hydroxyl groups excluding tert-OH is 2. The van der Waals surface area contributed by atoms with Crippen molar-refractivity contribution >= 4 is 17.2 Å². The lowest BCUT2D eigenvalue weighted by Gasteiger charge is -2.29. The van der Waals surface area contributed by atoms with Gasteiger partial charge in [-0.3, -0.25) is 4.79 Å². The van der Waals surface area contributed by atoms with Crippen LogP contribution in [0, 0.1) is 0 Å². The molecule has 0 spiro atoms. The number of amides is 1. The molecule has 2 aromatic heterocycles. The average Bonchev–Trinajstić information content (AvgIpc) is 3.14. The minimum absolute atomic E-state index is 0.336. The van der Waals surface area contributed by atoms with E-state index >= 15 is 0 Å². The number of aromatic nitrogens is 4. The molecule has 1 amide bonds. The standard InChI is InChI=1S/C11H15N5O3S/c1-2-11(5-17,6-18)13-10(19)9-8(3-4-20-9)16-7-12-14-15-16/h3-4,7,17-18H,2,5-6H2,1H3,(H,13,19). The Kier molecular flexibility index (Phi) is 4.42. The predicted molar refractivity (Wildman–Crippen MR) is 71.7 cm³/mol. The van der Waals surface area contributed by atoms with Gasteiger partial charge < -0.3 is 15.5 Å². The normalized spacial score (nSPS) is 11.6.